The van der Waals surface area contributed by atoms with Gasteiger partial charge in [-0.3, -0.25) is 14.9 Å². The first kappa shape index (κ1) is 12.9. The average molecular weight is 290 g/mol. The van der Waals surface area contributed by atoms with Gasteiger partial charge in [-0.25, -0.2) is 9.37 Å². The van der Waals surface area contributed by atoms with Gasteiger partial charge in [0.1, 0.15) is 5.82 Å². The molecule has 0 aliphatic heterocycles. The average Bonchev–Trinajstić information content (AvgIpc) is 2.83. The zero-order chi connectivity index (χ0) is 14.1. The molecule has 1 aliphatic rings. The molecule has 0 radical (unpaired) electrons. The van der Waals surface area contributed by atoms with E-state index < -0.39 is 11.7 Å². The SMILES string of the molecule is O=C(Nc1nc2c(s1)C(=O)CCC2)c1ccccc1F. The van der Waals surface area contributed by atoms with Gasteiger partial charge in [0.05, 0.1) is 16.1 Å². The number of thiazole rings is 1. The highest BCUT2D eigenvalue weighted by molar-refractivity contribution is 7.17. The van der Waals surface area contributed by atoms with Gasteiger partial charge in [0, 0.05) is 6.42 Å². The van der Waals surface area contributed by atoms with E-state index in [0.717, 1.165) is 29.9 Å². The lowest BCUT2D eigenvalue weighted by atomic mass is 10.0. The molecule has 20 heavy (non-hydrogen) atoms. The summed E-state index contributed by atoms with van der Waals surface area (Å²) in [5.74, 6) is -1.07. The second kappa shape index (κ2) is 5.13. The summed E-state index contributed by atoms with van der Waals surface area (Å²) < 4.78 is 13.5. The van der Waals surface area contributed by atoms with Crippen molar-refractivity contribution < 1.29 is 14.0 Å². The Balaban J connectivity index is 1.84. The van der Waals surface area contributed by atoms with Crippen molar-refractivity contribution in [1.82, 2.24) is 4.98 Å². The number of aryl methyl sites for hydroxylation is 1. The van der Waals surface area contributed by atoms with Crippen molar-refractivity contribution in [1.29, 1.82) is 0 Å². The number of amides is 1. The van der Waals surface area contributed by atoms with Crippen LogP contribution in [0.2, 0.25) is 0 Å². The smallest absolute Gasteiger partial charge is 0.260 e. The molecule has 1 aliphatic carbocycles. The van der Waals surface area contributed by atoms with E-state index in [-0.39, 0.29) is 11.3 Å². The highest BCUT2D eigenvalue weighted by Gasteiger charge is 2.23. The van der Waals surface area contributed by atoms with Gasteiger partial charge in [-0.05, 0) is 25.0 Å². The lowest BCUT2D eigenvalue weighted by Gasteiger charge is -2.05. The summed E-state index contributed by atoms with van der Waals surface area (Å²) in [6, 6.07) is 5.75. The Morgan fingerprint density at radius 1 is 1.30 bits per heavy atom. The zero-order valence-electron chi connectivity index (χ0n) is 10.5. The first-order chi connectivity index (χ1) is 9.65. The molecule has 1 N–H and O–H groups in total. The number of benzene rings is 1. The number of hydrogen-bond acceptors (Lipinski definition) is 4. The number of hydrogen-bond donors (Lipinski definition) is 1. The number of fused-ring (bicyclic) bond motifs is 1. The van der Waals surface area contributed by atoms with Gasteiger partial charge in [-0.2, -0.15) is 0 Å². The summed E-state index contributed by atoms with van der Waals surface area (Å²) in [4.78, 5) is 28.5. The fourth-order valence-corrected chi connectivity index (χ4v) is 3.11. The van der Waals surface area contributed by atoms with Crippen LogP contribution < -0.4 is 5.32 Å². The van der Waals surface area contributed by atoms with E-state index in [1.807, 2.05) is 0 Å². The topological polar surface area (TPSA) is 59.1 Å². The van der Waals surface area contributed by atoms with Crippen LogP contribution in [0.4, 0.5) is 9.52 Å². The van der Waals surface area contributed by atoms with Gasteiger partial charge in [-0.1, -0.05) is 23.5 Å². The molecule has 1 aromatic carbocycles. The first-order valence-electron chi connectivity index (χ1n) is 6.24. The maximum absolute atomic E-state index is 13.5. The van der Waals surface area contributed by atoms with Crippen molar-refractivity contribution >= 4 is 28.2 Å². The van der Waals surface area contributed by atoms with E-state index in [4.69, 9.17) is 0 Å². The number of rotatable bonds is 2. The third-order valence-electron chi connectivity index (χ3n) is 3.11. The highest BCUT2D eigenvalue weighted by atomic mass is 32.1. The van der Waals surface area contributed by atoms with Crippen molar-refractivity contribution in [3.63, 3.8) is 0 Å². The number of carbonyl (C=O) groups is 2. The molecular formula is C14H11FN2O2S. The molecule has 1 aromatic heterocycles. The second-order valence-corrected chi connectivity index (χ2v) is 5.50. The monoisotopic (exact) mass is 290 g/mol. The molecule has 102 valence electrons. The molecule has 1 heterocycles. The van der Waals surface area contributed by atoms with Crippen LogP contribution in [0.5, 0.6) is 0 Å². The van der Waals surface area contributed by atoms with Crippen LogP contribution in [-0.4, -0.2) is 16.7 Å². The molecule has 0 unspecified atom stereocenters. The molecule has 0 saturated carbocycles. The van der Waals surface area contributed by atoms with Crippen LogP contribution in [0.25, 0.3) is 0 Å². The Labute approximate surface area is 118 Å². The summed E-state index contributed by atoms with van der Waals surface area (Å²) in [6.07, 6.45) is 2.05. The Hall–Kier alpha value is -2.08. The van der Waals surface area contributed by atoms with Crippen LogP contribution >= 0.6 is 11.3 Å². The van der Waals surface area contributed by atoms with Gasteiger partial charge in [0.15, 0.2) is 10.9 Å². The van der Waals surface area contributed by atoms with Gasteiger partial charge in [-0.15, -0.1) is 0 Å². The fraction of sp³-hybridized carbons (Fsp3) is 0.214. The largest absolute Gasteiger partial charge is 0.298 e. The van der Waals surface area contributed by atoms with Crippen molar-refractivity contribution in [2.75, 3.05) is 5.32 Å². The molecule has 2 aromatic rings. The Kier molecular flexibility index (Phi) is 3.31. The van der Waals surface area contributed by atoms with Crippen LogP contribution in [0.1, 0.15) is 38.6 Å². The quantitative estimate of drug-likeness (QED) is 0.924. The minimum Gasteiger partial charge on any atom is -0.298 e. The summed E-state index contributed by atoms with van der Waals surface area (Å²) in [5.41, 5.74) is 0.696. The molecule has 0 spiro atoms. The van der Waals surface area contributed by atoms with Crippen molar-refractivity contribution in [3.05, 3.63) is 46.2 Å². The fourth-order valence-electron chi connectivity index (χ4n) is 2.13. The maximum Gasteiger partial charge on any atom is 0.260 e. The summed E-state index contributed by atoms with van der Waals surface area (Å²) >= 11 is 1.16. The number of nitrogens with one attached hydrogen (secondary N) is 1. The highest BCUT2D eigenvalue weighted by Crippen LogP contribution is 2.29. The Morgan fingerprint density at radius 3 is 2.85 bits per heavy atom. The van der Waals surface area contributed by atoms with Gasteiger partial charge >= 0.3 is 0 Å². The number of anilines is 1. The van der Waals surface area contributed by atoms with Gasteiger partial charge in [0.25, 0.3) is 5.91 Å². The molecular weight excluding hydrogens is 279 g/mol. The van der Waals surface area contributed by atoms with Crippen molar-refractivity contribution in [2.24, 2.45) is 0 Å². The summed E-state index contributed by atoms with van der Waals surface area (Å²) in [6.45, 7) is 0. The minimum absolute atomic E-state index is 0.0352. The van der Waals surface area contributed by atoms with Crippen LogP contribution in [0.15, 0.2) is 24.3 Å². The lowest BCUT2D eigenvalue weighted by Crippen LogP contribution is -2.13. The van der Waals surface area contributed by atoms with Crippen molar-refractivity contribution in [3.8, 4) is 0 Å². The van der Waals surface area contributed by atoms with E-state index in [9.17, 15) is 14.0 Å². The molecule has 0 saturated heterocycles. The Morgan fingerprint density at radius 2 is 2.10 bits per heavy atom. The van der Waals surface area contributed by atoms with Crippen LogP contribution in [0.3, 0.4) is 0 Å². The molecule has 4 nitrogen and oxygen atoms in total. The van der Waals surface area contributed by atoms with E-state index >= 15 is 0 Å². The van der Waals surface area contributed by atoms with Crippen molar-refractivity contribution in [2.45, 2.75) is 19.3 Å². The minimum atomic E-state index is -0.581. The third-order valence-corrected chi connectivity index (χ3v) is 4.16. The van der Waals surface area contributed by atoms with E-state index in [1.165, 1.54) is 18.2 Å². The van der Waals surface area contributed by atoms with Crippen LogP contribution in [-0.2, 0) is 6.42 Å². The zero-order valence-corrected chi connectivity index (χ0v) is 11.3. The van der Waals surface area contributed by atoms with Crippen LogP contribution in [0, 0.1) is 5.82 Å². The van der Waals surface area contributed by atoms with E-state index in [0.29, 0.717) is 16.4 Å². The van der Waals surface area contributed by atoms with E-state index in [2.05, 4.69) is 10.3 Å². The molecule has 1 amide bonds. The molecule has 0 bridgehead atoms. The number of carbonyl (C=O) groups excluding carboxylic acids is 2. The number of ketones is 1. The lowest BCUT2D eigenvalue weighted by molar-refractivity contribution is 0.0975. The number of aromatic nitrogens is 1. The Bertz CT molecular complexity index is 696. The van der Waals surface area contributed by atoms with Gasteiger partial charge < -0.3 is 0 Å². The standard InChI is InChI=1S/C14H11FN2O2S/c15-9-5-2-1-4-8(9)13(19)17-14-16-10-6-3-7-11(18)12(10)20-14/h1-2,4-5H,3,6-7H2,(H,16,17,19). The number of nitrogens with zero attached hydrogens (tertiary/aromatic N) is 1. The third kappa shape index (κ3) is 2.34. The molecule has 6 heteroatoms. The normalized spacial score (nSPS) is 13.9. The van der Waals surface area contributed by atoms with Gasteiger partial charge in [0.2, 0.25) is 0 Å². The molecule has 0 atom stereocenters. The predicted octanol–water partition coefficient (Wildman–Crippen LogP) is 3.05. The second-order valence-electron chi connectivity index (χ2n) is 4.51. The summed E-state index contributed by atoms with van der Waals surface area (Å²) in [7, 11) is 0. The van der Waals surface area contributed by atoms with E-state index in [1.54, 1.807) is 6.07 Å². The maximum atomic E-state index is 13.5. The molecule has 3 rings (SSSR count). The summed E-state index contributed by atoms with van der Waals surface area (Å²) in [5, 5.41) is 2.90. The molecule has 0 fully saturated rings. The number of Topliss-reactive ketones (excluding diaryl/α,β-unsaturated/α-hetero) is 1. The number of halogens is 1. The predicted molar refractivity (Wildman–Crippen MR) is 73.7 cm³/mol. The first-order valence-corrected chi connectivity index (χ1v) is 7.05.